The van der Waals surface area contributed by atoms with Gasteiger partial charge < -0.3 is 9.47 Å². The lowest BCUT2D eigenvalue weighted by Gasteiger charge is -2.37. The van der Waals surface area contributed by atoms with Gasteiger partial charge in [-0.3, -0.25) is 0 Å². The Balaban J connectivity index is 1.04. The van der Waals surface area contributed by atoms with Crippen LogP contribution in [0.3, 0.4) is 0 Å². The number of carbonyl (C=O) groups is 1. The first-order valence-corrected chi connectivity index (χ1v) is 18.4. The molecule has 0 bridgehead atoms. The standard InChI is InChI=1S/C38H61FO5/c1-3-5-25-41-34-20-13-30(14-21-34)10-8-7-9-29-11-16-32(17-12-29)33-18-22-35(23-19-33)44-38(40)36-24-15-31(27-37(36)39)28-43-42-26-6-4-2/h15,24,27,29-30,32-35H,3-14,16-23,25-26,28H2,1-2H3. The van der Waals surface area contributed by atoms with Crippen molar-refractivity contribution in [3.63, 3.8) is 0 Å². The summed E-state index contributed by atoms with van der Waals surface area (Å²) < 4.78 is 26.5. The molecule has 6 heteroatoms. The maximum atomic E-state index is 14.7. The first-order valence-electron chi connectivity index (χ1n) is 18.4. The van der Waals surface area contributed by atoms with Crippen LogP contribution >= 0.6 is 0 Å². The average Bonchev–Trinajstić information content (AvgIpc) is 3.04. The molecule has 0 N–H and O–H groups in total. The highest BCUT2D eigenvalue weighted by Gasteiger charge is 2.32. The van der Waals surface area contributed by atoms with Crippen molar-refractivity contribution in [1.82, 2.24) is 0 Å². The van der Waals surface area contributed by atoms with Gasteiger partial charge in [-0.15, -0.1) is 0 Å². The van der Waals surface area contributed by atoms with Crippen molar-refractivity contribution in [3.05, 3.63) is 35.1 Å². The Morgan fingerprint density at radius 2 is 1.27 bits per heavy atom. The van der Waals surface area contributed by atoms with Crippen molar-refractivity contribution in [2.75, 3.05) is 13.2 Å². The lowest BCUT2D eigenvalue weighted by Crippen LogP contribution is -2.30. The Bertz CT molecular complexity index is 929. The van der Waals surface area contributed by atoms with Crippen LogP contribution in [0.1, 0.15) is 158 Å². The Kier molecular flexibility index (Phi) is 16.0. The highest BCUT2D eigenvalue weighted by Crippen LogP contribution is 2.42. The summed E-state index contributed by atoms with van der Waals surface area (Å²) in [5.74, 6) is 2.32. The molecule has 44 heavy (non-hydrogen) atoms. The number of unbranched alkanes of at least 4 members (excludes halogenated alkanes) is 3. The summed E-state index contributed by atoms with van der Waals surface area (Å²) in [6, 6.07) is 4.54. The fourth-order valence-corrected chi connectivity index (χ4v) is 7.87. The lowest BCUT2D eigenvalue weighted by atomic mass is 9.70. The molecule has 0 aliphatic heterocycles. The molecular formula is C38H61FO5. The second-order valence-corrected chi connectivity index (χ2v) is 14.1. The van der Waals surface area contributed by atoms with E-state index in [1.807, 2.05) is 0 Å². The van der Waals surface area contributed by atoms with Gasteiger partial charge in [0.2, 0.25) is 0 Å². The van der Waals surface area contributed by atoms with Crippen LogP contribution in [-0.4, -0.2) is 31.4 Å². The first kappa shape index (κ1) is 35.4. The van der Waals surface area contributed by atoms with E-state index in [0.29, 0.717) is 18.3 Å². The number of rotatable bonds is 18. The highest BCUT2D eigenvalue weighted by molar-refractivity contribution is 5.89. The molecule has 0 unspecified atom stereocenters. The Hall–Kier alpha value is -1.50. The average molecular weight is 617 g/mol. The zero-order chi connectivity index (χ0) is 31.0. The van der Waals surface area contributed by atoms with Gasteiger partial charge in [0, 0.05) is 6.61 Å². The van der Waals surface area contributed by atoms with Crippen molar-refractivity contribution in [2.24, 2.45) is 23.7 Å². The van der Waals surface area contributed by atoms with Gasteiger partial charge in [-0.1, -0.05) is 71.3 Å². The highest BCUT2D eigenvalue weighted by atomic mass is 19.1. The Morgan fingerprint density at radius 3 is 1.89 bits per heavy atom. The van der Waals surface area contributed by atoms with Crippen LogP contribution in [0.25, 0.3) is 0 Å². The molecule has 3 fully saturated rings. The molecule has 250 valence electrons. The van der Waals surface area contributed by atoms with Crippen LogP contribution in [0, 0.1) is 29.5 Å². The second-order valence-electron chi connectivity index (χ2n) is 14.1. The minimum absolute atomic E-state index is 0.000817. The summed E-state index contributed by atoms with van der Waals surface area (Å²) >= 11 is 0. The van der Waals surface area contributed by atoms with E-state index in [0.717, 1.165) is 68.8 Å². The molecule has 3 saturated carbocycles. The third-order valence-corrected chi connectivity index (χ3v) is 10.8. The molecule has 0 radical (unpaired) electrons. The van der Waals surface area contributed by atoms with Gasteiger partial charge in [0.15, 0.2) is 0 Å². The zero-order valence-corrected chi connectivity index (χ0v) is 27.9. The third kappa shape index (κ3) is 12.0. The number of hydrogen-bond acceptors (Lipinski definition) is 5. The fourth-order valence-electron chi connectivity index (χ4n) is 7.87. The molecule has 0 atom stereocenters. The molecule has 0 heterocycles. The molecule has 0 aromatic heterocycles. The molecule has 5 nitrogen and oxygen atoms in total. The van der Waals surface area contributed by atoms with Crippen LogP contribution in [-0.2, 0) is 25.9 Å². The van der Waals surface area contributed by atoms with Crippen molar-refractivity contribution in [3.8, 4) is 0 Å². The zero-order valence-electron chi connectivity index (χ0n) is 27.9. The van der Waals surface area contributed by atoms with Gasteiger partial charge in [0.05, 0.1) is 18.3 Å². The summed E-state index contributed by atoms with van der Waals surface area (Å²) in [6.07, 6.45) is 25.3. The molecule has 1 aromatic carbocycles. The van der Waals surface area contributed by atoms with Crippen molar-refractivity contribution in [2.45, 2.75) is 161 Å². The van der Waals surface area contributed by atoms with E-state index in [1.54, 1.807) is 6.07 Å². The number of hydrogen-bond donors (Lipinski definition) is 0. The number of ether oxygens (including phenoxy) is 2. The van der Waals surface area contributed by atoms with Crippen molar-refractivity contribution in [1.29, 1.82) is 0 Å². The van der Waals surface area contributed by atoms with Gasteiger partial charge in [0.25, 0.3) is 0 Å². The van der Waals surface area contributed by atoms with Crippen LogP contribution in [0.15, 0.2) is 18.2 Å². The fraction of sp³-hybridized carbons (Fsp3) is 0.816. The number of esters is 1. The maximum absolute atomic E-state index is 14.7. The largest absolute Gasteiger partial charge is 0.459 e. The minimum Gasteiger partial charge on any atom is -0.459 e. The van der Waals surface area contributed by atoms with E-state index in [-0.39, 0.29) is 18.3 Å². The summed E-state index contributed by atoms with van der Waals surface area (Å²) in [6.45, 7) is 5.93. The van der Waals surface area contributed by atoms with Crippen molar-refractivity contribution >= 4 is 5.97 Å². The van der Waals surface area contributed by atoms with Gasteiger partial charge in [-0.2, -0.15) is 0 Å². The predicted molar refractivity (Wildman–Crippen MR) is 174 cm³/mol. The van der Waals surface area contributed by atoms with Gasteiger partial charge in [-0.25, -0.2) is 19.0 Å². The number of halogens is 1. The molecular weight excluding hydrogens is 555 g/mol. The van der Waals surface area contributed by atoms with E-state index < -0.39 is 11.8 Å². The second kappa shape index (κ2) is 19.9. The Morgan fingerprint density at radius 1 is 0.705 bits per heavy atom. The maximum Gasteiger partial charge on any atom is 0.341 e. The molecule has 4 rings (SSSR count). The van der Waals surface area contributed by atoms with Crippen LogP contribution in [0.2, 0.25) is 0 Å². The van der Waals surface area contributed by atoms with Crippen LogP contribution in [0.4, 0.5) is 4.39 Å². The summed E-state index contributed by atoms with van der Waals surface area (Å²) in [5, 5.41) is 0. The number of carbonyl (C=O) groups excluding carboxylic acids is 1. The lowest BCUT2D eigenvalue weighted by molar-refractivity contribution is -0.304. The molecule has 3 aliphatic rings. The predicted octanol–water partition coefficient (Wildman–Crippen LogP) is 10.5. The van der Waals surface area contributed by atoms with Gasteiger partial charge in [-0.05, 0) is 118 Å². The minimum atomic E-state index is -0.564. The van der Waals surface area contributed by atoms with E-state index >= 15 is 0 Å². The van der Waals surface area contributed by atoms with Gasteiger partial charge >= 0.3 is 5.97 Å². The molecule has 0 saturated heterocycles. The number of benzene rings is 1. The molecule has 1 aromatic rings. The van der Waals surface area contributed by atoms with E-state index in [2.05, 4.69) is 13.8 Å². The molecule has 3 aliphatic carbocycles. The van der Waals surface area contributed by atoms with Gasteiger partial charge in [0.1, 0.15) is 18.5 Å². The van der Waals surface area contributed by atoms with E-state index in [4.69, 9.17) is 19.2 Å². The quantitative estimate of drug-likeness (QED) is 0.0711. The SMILES string of the molecule is CCCCOOCc1ccc(C(=O)OC2CCC(C3CCC(CCCCC4CCC(OCCCC)CC4)CC3)CC2)c(F)c1. The van der Waals surface area contributed by atoms with E-state index in [1.165, 1.54) is 102 Å². The smallest absolute Gasteiger partial charge is 0.341 e. The molecule has 0 spiro atoms. The summed E-state index contributed by atoms with van der Waals surface area (Å²) in [7, 11) is 0. The summed E-state index contributed by atoms with van der Waals surface area (Å²) in [4.78, 5) is 23.0. The van der Waals surface area contributed by atoms with Crippen molar-refractivity contribution < 1.29 is 28.4 Å². The third-order valence-electron chi connectivity index (χ3n) is 10.8. The molecule has 0 amide bonds. The van der Waals surface area contributed by atoms with Crippen LogP contribution < -0.4 is 0 Å². The normalized spacial score (nSPS) is 27.7. The Labute approximate surface area is 267 Å². The monoisotopic (exact) mass is 616 g/mol. The summed E-state index contributed by atoms with van der Waals surface area (Å²) in [5.41, 5.74) is 0.633. The van der Waals surface area contributed by atoms with E-state index in [9.17, 15) is 9.18 Å². The van der Waals surface area contributed by atoms with Crippen LogP contribution in [0.5, 0.6) is 0 Å². The topological polar surface area (TPSA) is 54.0 Å². The first-order chi connectivity index (χ1) is 21.6.